The maximum atomic E-state index is 14.3. The third kappa shape index (κ3) is 6.13. The Morgan fingerprint density at radius 3 is 2.69 bits per heavy atom. The smallest absolute Gasteiger partial charge is 0.305 e. The quantitative estimate of drug-likeness (QED) is 0.289. The van der Waals surface area contributed by atoms with E-state index in [0.717, 1.165) is 5.56 Å². The molecule has 2 heterocycles. The number of hydrogen-bond donors (Lipinski definition) is 2. The molecule has 0 saturated heterocycles. The van der Waals surface area contributed by atoms with Crippen molar-refractivity contribution in [3.8, 4) is 34.0 Å². The van der Waals surface area contributed by atoms with Crippen LogP contribution in [0.3, 0.4) is 0 Å². The van der Waals surface area contributed by atoms with Crippen LogP contribution in [0.25, 0.3) is 34.0 Å². The Morgan fingerprint density at radius 1 is 1.17 bits per heavy atom. The topological polar surface area (TPSA) is 110 Å². The summed E-state index contributed by atoms with van der Waals surface area (Å²) in [7, 11) is 1.57. The van der Waals surface area contributed by atoms with Crippen LogP contribution in [0.5, 0.6) is 0 Å². The summed E-state index contributed by atoms with van der Waals surface area (Å²) in [6.45, 7) is 0.467. The molecule has 0 aliphatic rings. The van der Waals surface area contributed by atoms with Crippen LogP contribution in [0, 0.1) is 5.82 Å². The minimum atomic E-state index is -0.921. The number of aliphatic carboxylic acids is 1. The Morgan fingerprint density at radius 2 is 1.97 bits per heavy atom. The van der Waals surface area contributed by atoms with Crippen LogP contribution in [0.1, 0.15) is 12.0 Å². The summed E-state index contributed by atoms with van der Waals surface area (Å²) in [6.07, 6.45) is 1.45. The first-order valence-corrected chi connectivity index (χ1v) is 10.7. The van der Waals surface area contributed by atoms with Crippen molar-refractivity contribution in [3.05, 3.63) is 71.1 Å². The molecule has 0 aliphatic heterocycles. The monoisotopic (exact) mass is 518 g/mol. The van der Waals surface area contributed by atoms with Crippen LogP contribution in [-0.2, 0) is 16.1 Å². The van der Waals surface area contributed by atoms with E-state index in [1.54, 1.807) is 43.5 Å². The van der Waals surface area contributed by atoms with Crippen molar-refractivity contribution in [3.63, 3.8) is 0 Å². The second-order valence-corrected chi connectivity index (χ2v) is 7.74. The molecule has 2 N–H and O–H groups in total. The lowest BCUT2D eigenvalue weighted by atomic mass is 9.97. The van der Waals surface area contributed by atoms with Gasteiger partial charge in [0.2, 0.25) is 5.82 Å². The second-order valence-electron chi connectivity index (χ2n) is 7.33. The number of halogens is 3. The van der Waals surface area contributed by atoms with Crippen molar-refractivity contribution in [2.24, 2.45) is 0 Å². The Kier molecular flexibility index (Phi) is 8.75. The zero-order chi connectivity index (χ0) is 24.1. The molecule has 0 atom stereocenters. The molecule has 35 heavy (non-hydrogen) atoms. The highest BCUT2D eigenvalue weighted by Crippen LogP contribution is 2.32. The Bertz CT molecular complexity index is 1330. The summed E-state index contributed by atoms with van der Waals surface area (Å²) in [5.74, 6) is -0.323. The summed E-state index contributed by atoms with van der Waals surface area (Å²) in [6, 6.07) is 13.6. The van der Waals surface area contributed by atoms with Crippen molar-refractivity contribution >= 4 is 35.8 Å². The van der Waals surface area contributed by atoms with Gasteiger partial charge in [0.1, 0.15) is 11.6 Å². The molecular weight excluding hydrogens is 498 g/mol. The number of carboxylic acid groups (broad SMARTS) is 1. The summed E-state index contributed by atoms with van der Waals surface area (Å²) in [4.78, 5) is 19.3. The molecule has 2 aromatic carbocycles. The lowest BCUT2D eigenvalue weighted by molar-refractivity contribution is -0.136. The van der Waals surface area contributed by atoms with Crippen LogP contribution < -0.4 is 5.32 Å². The number of anilines is 1. The molecule has 11 heteroatoms. The van der Waals surface area contributed by atoms with Gasteiger partial charge < -0.3 is 19.7 Å². The molecule has 182 valence electrons. The van der Waals surface area contributed by atoms with Crippen LogP contribution >= 0.6 is 24.0 Å². The van der Waals surface area contributed by atoms with Crippen molar-refractivity contribution in [2.45, 2.75) is 13.0 Å². The SMILES string of the molecule is COCc1cc(-c2nc(-c3cnc(NCCC(=O)O)c(Cl)c3)no2)ccc1-c1ccccc1F.Cl. The summed E-state index contributed by atoms with van der Waals surface area (Å²) in [5, 5.41) is 15.9. The van der Waals surface area contributed by atoms with E-state index in [-0.39, 0.29) is 49.5 Å². The number of carbonyl (C=O) groups is 1. The van der Waals surface area contributed by atoms with Crippen molar-refractivity contribution in [1.82, 2.24) is 15.1 Å². The fourth-order valence-electron chi connectivity index (χ4n) is 3.38. The van der Waals surface area contributed by atoms with Crippen LogP contribution in [0.4, 0.5) is 10.2 Å². The van der Waals surface area contributed by atoms with E-state index in [1.807, 2.05) is 6.07 Å². The maximum absolute atomic E-state index is 14.3. The number of methoxy groups -OCH3 is 1. The van der Waals surface area contributed by atoms with Crippen molar-refractivity contribution < 1.29 is 23.6 Å². The molecule has 0 fully saturated rings. The van der Waals surface area contributed by atoms with Gasteiger partial charge in [0.15, 0.2) is 0 Å². The molecule has 0 spiro atoms. The lowest BCUT2D eigenvalue weighted by Gasteiger charge is -2.11. The molecular formula is C24H21Cl2FN4O4. The van der Waals surface area contributed by atoms with Gasteiger partial charge in [0.05, 0.1) is 18.1 Å². The maximum Gasteiger partial charge on any atom is 0.305 e. The first-order chi connectivity index (χ1) is 16.5. The summed E-state index contributed by atoms with van der Waals surface area (Å²) < 4.78 is 25.1. The first kappa shape index (κ1) is 26.1. The standard InChI is InChI=1S/C24H20ClFN4O4.ClH/c1-33-13-16-10-14(6-7-17(16)18-4-2-3-5-20(18)26)24-29-22(30-34-24)15-11-19(25)23(28-12-15)27-9-8-21(31)32;/h2-7,10-12H,8-9,13H2,1H3,(H,27,28)(H,31,32);1H. The molecule has 0 radical (unpaired) electrons. The largest absolute Gasteiger partial charge is 0.481 e. The van der Waals surface area contributed by atoms with Gasteiger partial charge in [-0.05, 0) is 35.4 Å². The average molecular weight is 519 g/mol. The van der Waals surface area contributed by atoms with E-state index in [4.69, 9.17) is 26.0 Å². The van der Waals surface area contributed by atoms with Gasteiger partial charge in [-0.2, -0.15) is 4.98 Å². The minimum Gasteiger partial charge on any atom is -0.481 e. The number of rotatable bonds is 9. The second kappa shape index (κ2) is 11.7. The number of aromatic nitrogens is 3. The minimum absolute atomic E-state index is 0. The number of pyridine rings is 1. The van der Waals surface area contributed by atoms with Crippen molar-refractivity contribution in [2.75, 3.05) is 19.0 Å². The molecule has 4 rings (SSSR count). The van der Waals surface area contributed by atoms with Crippen LogP contribution in [0.15, 0.2) is 59.3 Å². The number of ether oxygens (including phenoxy) is 1. The van der Waals surface area contributed by atoms with E-state index in [9.17, 15) is 9.18 Å². The van der Waals surface area contributed by atoms with Crippen LogP contribution in [-0.4, -0.2) is 39.9 Å². The Hall–Kier alpha value is -3.53. The summed E-state index contributed by atoms with van der Waals surface area (Å²) in [5.41, 5.74) is 3.14. The van der Waals surface area contributed by atoms with E-state index >= 15 is 0 Å². The molecule has 0 saturated carbocycles. The van der Waals surface area contributed by atoms with Gasteiger partial charge in [-0.15, -0.1) is 12.4 Å². The van der Waals surface area contributed by atoms with Gasteiger partial charge in [-0.3, -0.25) is 4.79 Å². The highest BCUT2D eigenvalue weighted by Gasteiger charge is 2.16. The van der Waals surface area contributed by atoms with Gasteiger partial charge in [0.25, 0.3) is 5.89 Å². The fourth-order valence-corrected chi connectivity index (χ4v) is 3.61. The Labute approximate surface area is 211 Å². The molecule has 8 nitrogen and oxygen atoms in total. The van der Waals surface area contributed by atoms with E-state index < -0.39 is 5.97 Å². The molecule has 4 aromatic rings. The number of nitrogens with zero attached hydrogens (tertiary/aromatic N) is 3. The van der Waals surface area contributed by atoms with Gasteiger partial charge >= 0.3 is 5.97 Å². The highest BCUT2D eigenvalue weighted by molar-refractivity contribution is 6.33. The Balaban J connectivity index is 0.00000342. The predicted molar refractivity (Wildman–Crippen MR) is 132 cm³/mol. The summed E-state index contributed by atoms with van der Waals surface area (Å²) >= 11 is 6.26. The van der Waals surface area contributed by atoms with Gasteiger partial charge in [-0.1, -0.05) is 41.0 Å². The number of nitrogens with one attached hydrogen (secondary N) is 1. The molecule has 2 aromatic heterocycles. The third-order valence-corrected chi connectivity index (χ3v) is 5.26. The van der Waals surface area contributed by atoms with Gasteiger partial charge in [-0.25, -0.2) is 9.37 Å². The third-order valence-electron chi connectivity index (χ3n) is 4.97. The molecule has 0 bridgehead atoms. The number of benzene rings is 2. The average Bonchev–Trinajstić information content (AvgIpc) is 3.31. The first-order valence-electron chi connectivity index (χ1n) is 10.3. The highest BCUT2D eigenvalue weighted by atomic mass is 35.5. The molecule has 0 unspecified atom stereocenters. The zero-order valence-electron chi connectivity index (χ0n) is 18.5. The lowest BCUT2D eigenvalue weighted by Crippen LogP contribution is -2.08. The van der Waals surface area contributed by atoms with E-state index in [2.05, 4.69) is 20.4 Å². The van der Waals surface area contributed by atoms with Crippen LogP contribution in [0.2, 0.25) is 5.02 Å². The molecule has 0 amide bonds. The van der Waals surface area contributed by atoms with Gasteiger partial charge in [0, 0.05) is 36.5 Å². The molecule has 0 aliphatic carbocycles. The number of hydrogen-bond acceptors (Lipinski definition) is 7. The zero-order valence-corrected chi connectivity index (χ0v) is 20.1. The number of carboxylic acids is 1. The fraction of sp³-hybridized carbons (Fsp3) is 0.167. The van der Waals surface area contributed by atoms with E-state index in [0.29, 0.717) is 33.1 Å². The normalized spacial score (nSPS) is 10.6. The van der Waals surface area contributed by atoms with E-state index in [1.165, 1.54) is 12.3 Å². The van der Waals surface area contributed by atoms with Crippen molar-refractivity contribution in [1.29, 1.82) is 0 Å². The predicted octanol–water partition coefficient (Wildman–Crippen LogP) is 5.71.